The van der Waals surface area contributed by atoms with Crippen molar-refractivity contribution in [2.24, 2.45) is 5.92 Å². The number of hydrogen-bond acceptors (Lipinski definition) is 6. The Kier molecular flexibility index (Phi) is 6.63. The first-order chi connectivity index (χ1) is 12.2. The van der Waals surface area contributed by atoms with E-state index in [1.54, 1.807) is 12.1 Å². The molecule has 1 saturated carbocycles. The van der Waals surface area contributed by atoms with Crippen LogP contribution in [0.15, 0.2) is 28.6 Å². The van der Waals surface area contributed by atoms with E-state index in [0.29, 0.717) is 26.8 Å². The van der Waals surface area contributed by atoms with Gasteiger partial charge in [-0.2, -0.15) is 0 Å². The van der Waals surface area contributed by atoms with Gasteiger partial charge in [0.1, 0.15) is 5.82 Å². The van der Waals surface area contributed by atoms with Gasteiger partial charge in [-0.15, -0.1) is 10.2 Å². The first-order valence-corrected chi connectivity index (χ1v) is 10.2. The Balaban J connectivity index is 1.41. The molecule has 0 unspecified atom stereocenters. The Morgan fingerprint density at radius 2 is 2.12 bits per heavy atom. The molecule has 2 aromatic rings. The highest BCUT2D eigenvalue weighted by Gasteiger charge is 2.15. The van der Waals surface area contributed by atoms with Crippen LogP contribution in [-0.4, -0.2) is 28.4 Å². The van der Waals surface area contributed by atoms with Crippen LogP contribution in [0.3, 0.4) is 0 Å². The van der Waals surface area contributed by atoms with Crippen molar-refractivity contribution < 1.29 is 9.18 Å². The minimum Gasteiger partial charge on any atom is -0.355 e. The molecule has 1 heterocycles. The van der Waals surface area contributed by atoms with Crippen molar-refractivity contribution >= 4 is 39.8 Å². The molecule has 0 radical (unpaired) electrons. The summed E-state index contributed by atoms with van der Waals surface area (Å²) >= 11 is 2.72. The van der Waals surface area contributed by atoms with Crippen molar-refractivity contribution in [2.45, 2.75) is 36.4 Å². The van der Waals surface area contributed by atoms with E-state index in [0.717, 1.165) is 6.54 Å². The van der Waals surface area contributed by atoms with Crippen molar-refractivity contribution in [3.8, 4) is 0 Å². The zero-order valence-electron chi connectivity index (χ0n) is 13.8. The van der Waals surface area contributed by atoms with Crippen molar-refractivity contribution in [1.82, 2.24) is 15.5 Å². The van der Waals surface area contributed by atoms with Crippen LogP contribution in [0.2, 0.25) is 0 Å². The molecule has 1 aliphatic rings. The number of rotatable bonds is 7. The number of nitrogens with one attached hydrogen (secondary N) is 2. The molecular formula is C17H21FN4OS2. The molecule has 0 aliphatic heterocycles. The van der Waals surface area contributed by atoms with Gasteiger partial charge in [-0.25, -0.2) is 4.39 Å². The SMILES string of the molecule is O=C(CSc1nnc(Nc2cccc(F)c2)s1)NCC1CCCCC1. The Labute approximate surface area is 154 Å². The molecule has 8 heteroatoms. The van der Waals surface area contributed by atoms with Gasteiger partial charge in [0.15, 0.2) is 4.34 Å². The Bertz CT molecular complexity index is 703. The third kappa shape index (κ3) is 5.97. The summed E-state index contributed by atoms with van der Waals surface area (Å²) in [7, 11) is 0. The van der Waals surface area contributed by atoms with Gasteiger partial charge in [0.25, 0.3) is 0 Å². The van der Waals surface area contributed by atoms with E-state index in [9.17, 15) is 9.18 Å². The molecule has 0 bridgehead atoms. The molecule has 134 valence electrons. The quantitative estimate of drug-likeness (QED) is 0.705. The second kappa shape index (κ2) is 9.15. The minimum absolute atomic E-state index is 0.0328. The number of thioether (sulfide) groups is 1. The van der Waals surface area contributed by atoms with Gasteiger partial charge >= 0.3 is 0 Å². The molecule has 1 aromatic carbocycles. The molecule has 25 heavy (non-hydrogen) atoms. The summed E-state index contributed by atoms with van der Waals surface area (Å²) in [6, 6.07) is 6.17. The second-order valence-electron chi connectivity index (χ2n) is 6.11. The summed E-state index contributed by atoms with van der Waals surface area (Å²) in [6.45, 7) is 0.780. The molecular weight excluding hydrogens is 359 g/mol. The van der Waals surface area contributed by atoms with E-state index in [1.165, 1.54) is 67.3 Å². The lowest BCUT2D eigenvalue weighted by Gasteiger charge is -2.21. The number of carbonyl (C=O) groups is 1. The molecule has 1 aromatic heterocycles. The Morgan fingerprint density at radius 3 is 2.92 bits per heavy atom. The second-order valence-corrected chi connectivity index (χ2v) is 8.31. The van der Waals surface area contributed by atoms with Gasteiger partial charge in [0, 0.05) is 12.2 Å². The predicted octanol–water partition coefficient (Wildman–Crippen LogP) is 4.21. The molecule has 3 rings (SSSR count). The highest BCUT2D eigenvalue weighted by molar-refractivity contribution is 8.01. The van der Waals surface area contributed by atoms with Gasteiger partial charge in [-0.1, -0.05) is 48.4 Å². The highest BCUT2D eigenvalue weighted by atomic mass is 32.2. The number of carbonyl (C=O) groups excluding carboxylic acids is 1. The maximum atomic E-state index is 13.2. The average Bonchev–Trinajstić information content (AvgIpc) is 3.06. The number of nitrogens with zero attached hydrogens (tertiary/aromatic N) is 2. The molecule has 0 saturated heterocycles. The number of aromatic nitrogens is 2. The zero-order chi connectivity index (χ0) is 17.5. The summed E-state index contributed by atoms with van der Waals surface area (Å²) in [5, 5.41) is 14.7. The van der Waals surface area contributed by atoms with Crippen LogP contribution in [0.25, 0.3) is 0 Å². The summed E-state index contributed by atoms with van der Waals surface area (Å²) in [6.07, 6.45) is 6.32. The van der Waals surface area contributed by atoms with Crippen LogP contribution in [0.1, 0.15) is 32.1 Å². The fourth-order valence-electron chi connectivity index (χ4n) is 2.84. The molecule has 5 nitrogen and oxygen atoms in total. The summed E-state index contributed by atoms with van der Waals surface area (Å²) in [5.41, 5.74) is 0.623. The van der Waals surface area contributed by atoms with Gasteiger partial charge in [-0.05, 0) is 37.0 Å². The fourth-order valence-corrected chi connectivity index (χ4v) is 4.44. The molecule has 0 atom stereocenters. The van der Waals surface area contributed by atoms with Crippen LogP contribution in [0, 0.1) is 11.7 Å². The maximum Gasteiger partial charge on any atom is 0.230 e. The minimum atomic E-state index is -0.307. The van der Waals surface area contributed by atoms with Crippen molar-refractivity contribution in [1.29, 1.82) is 0 Å². The lowest BCUT2D eigenvalue weighted by Crippen LogP contribution is -2.31. The van der Waals surface area contributed by atoms with E-state index in [2.05, 4.69) is 20.8 Å². The van der Waals surface area contributed by atoms with Gasteiger partial charge in [0.2, 0.25) is 11.0 Å². The smallest absolute Gasteiger partial charge is 0.230 e. The van der Waals surface area contributed by atoms with Gasteiger partial charge in [-0.3, -0.25) is 4.79 Å². The topological polar surface area (TPSA) is 66.9 Å². The maximum absolute atomic E-state index is 13.2. The number of amides is 1. The van der Waals surface area contributed by atoms with Gasteiger partial charge in [0.05, 0.1) is 5.75 Å². The van der Waals surface area contributed by atoms with Crippen molar-refractivity contribution in [2.75, 3.05) is 17.6 Å². The number of halogens is 1. The van der Waals surface area contributed by atoms with E-state index >= 15 is 0 Å². The number of anilines is 2. The number of hydrogen-bond donors (Lipinski definition) is 2. The standard InChI is InChI=1S/C17H21FN4OS2/c18-13-7-4-8-14(9-13)20-16-21-22-17(25-16)24-11-15(23)19-10-12-5-2-1-3-6-12/h4,7-9,12H,1-3,5-6,10-11H2,(H,19,23)(H,20,21). The lowest BCUT2D eigenvalue weighted by molar-refractivity contribution is -0.118. The monoisotopic (exact) mass is 380 g/mol. The van der Waals surface area contributed by atoms with Crippen molar-refractivity contribution in [3.05, 3.63) is 30.1 Å². The summed E-state index contributed by atoms with van der Waals surface area (Å²) < 4.78 is 13.9. The van der Waals surface area contributed by atoms with Crippen LogP contribution < -0.4 is 10.6 Å². The fraction of sp³-hybridized carbons (Fsp3) is 0.471. The first kappa shape index (κ1) is 18.1. The largest absolute Gasteiger partial charge is 0.355 e. The summed E-state index contributed by atoms with van der Waals surface area (Å²) in [5.74, 6) is 0.692. The van der Waals surface area contributed by atoms with E-state index in [4.69, 9.17) is 0 Å². The normalized spacial score (nSPS) is 15.1. The van der Waals surface area contributed by atoms with Crippen molar-refractivity contribution in [3.63, 3.8) is 0 Å². The molecule has 2 N–H and O–H groups in total. The predicted molar refractivity (Wildman–Crippen MR) is 99.9 cm³/mol. The first-order valence-electron chi connectivity index (χ1n) is 8.44. The van der Waals surface area contributed by atoms with Crippen LogP contribution in [-0.2, 0) is 4.79 Å². The molecule has 0 spiro atoms. The Hall–Kier alpha value is -1.67. The lowest BCUT2D eigenvalue weighted by atomic mass is 9.89. The van der Waals surface area contributed by atoms with Crippen LogP contribution in [0.4, 0.5) is 15.2 Å². The molecule has 1 amide bonds. The molecule has 1 aliphatic carbocycles. The molecule has 1 fully saturated rings. The summed E-state index contributed by atoms with van der Waals surface area (Å²) in [4.78, 5) is 12.0. The van der Waals surface area contributed by atoms with Gasteiger partial charge < -0.3 is 10.6 Å². The zero-order valence-corrected chi connectivity index (χ0v) is 15.5. The van der Waals surface area contributed by atoms with E-state index in [-0.39, 0.29) is 11.7 Å². The number of benzene rings is 1. The van der Waals surface area contributed by atoms with Crippen LogP contribution >= 0.6 is 23.1 Å². The third-order valence-corrected chi connectivity index (χ3v) is 6.09. The Morgan fingerprint density at radius 1 is 1.28 bits per heavy atom. The van der Waals surface area contributed by atoms with Crippen LogP contribution in [0.5, 0.6) is 0 Å². The third-order valence-electron chi connectivity index (χ3n) is 4.12. The highest BCUT2D eigenvalue weighted by Crippen LogP contribution is 2.28. The van der Waals surface area contributed by atoms with E-state index in [1.807, 2.05) is 0 Å². The van der Waals surface area contributed by atoms with E-state index < -0.39 is 0 Å². The average molecular weight is 381 g/mol.